The van der Waals surface area contributed by atoms with Gasteiger partial charge in [0.2, 0.25) is 0 Å². The average Bonchev–Trinajstić information content (AvgIpc) is 3.33. The first-order valence-electron chi connectivity index (χ1n) is 10.0. The Hall–Kier alpha value is -4.17. The van der Waals surface area contributed by atoms with Crippen molar-refractivity contribution in [2.45, 2.75) is 6.61 Å². The van der Waals surface area contributed by atoms with Crippen molar-refractivity contribution in [2.75, 3.05) is 0 Å². The van der Waals surface area contributed by atoms with Crippen LogP contribution in [0.1, 0.15) is 16.2 Å². The maximum absolute atomic E-state index is 13.1. The van der Waals surface area contributed by atoms with E-state index >= 15 is 0 Å². The summed E-state index contributed by atoms with van der Waals surface area (Å²) in [7, 11) is 0. The molecule has 8 heteroatoms. The molecule has 0 aliphatic rings. The number of para-hydroxylation sites is 1. The molecule has 5 aromatic rings. The molecule has 0 amide bonds. The average molecular weight is 457 g/mol. The number of fused-ring (bicyclic) bond motifs is 1. The maximum Gasteiger partial charge on any atom is 0.359 e. The molecule has 0 bridgehead atoms. The number of benzene rings is 3. The minimum absolute atomic E-state index is 0.0445. The summed E-state index contributed by atoms with van der Waals surface area (Å²) in [5.74, 6) is -0.978. The minimum atomic E-state index is -0.660. The van der Waals surface area contributed by atoms with Crippen LogP contribution < -0.4 is 5.56 Å². The second kappa shape index (κ2) is 8.76. The smallest absolute Gasteiger partial charge is 0.359 e. The zero-order valence-corrected chi connectivity index (χ0v) is 18.0. The molecular weight excluding hydrogens is 441 g/mol. The number of aromatic nitrogens is 3. The fourth-order valence-electron chi connectivity index (χ4n) is 3.39. The Bertz CT molecular complexity index is 1510. The van der Waals surface area contributed by atoms with E-state index in [-0.39, 0.29) is 23.7 Å². The van der Waals surface area contributed by atoms with Crippen molar-refractivity contribution < 1.29 is 13.9 Å². The summed E-state index contributed by atoms with van der Waals surface area (Å²) >= 11 is 1.37. The number of esters is 1. The number of ether oxygens (including phenoxy) is 1. The van der Waals surface area contributed by atoms with Crippen LogP contribution in [0.4, 0.5) is 4.39 Å². The van der Waals surface area contributed by atoms with Crippen LogP contribution in [0.25, 0.3) is 27.0 Å². The molecule has 0 atom stereocenters. The molecule has 2 aromatic heterocycles. The number of nitrogens with zero attached hydrogens (tertiary/aromatic N) is 3. The number of hydrogen-bond acceptors (Lipinski definition) is 6. The van der Waals surface area contributed by atoms with E-state index in [9.17, 15) is 14.0 Å². The van der Waals surface area contributed by atoms with Crippen molar-refractivity contribution in [3.05, 3.63) is 112 Å². The molecule has 33 heavy (non-hydrogen) atoms. The maximum atomic E-state index is 13.1. The Kier molecular flexibility index (Phi) is 5.50. The standard InChI is InChI=1S/C25H16FN3O3S/c26-17-12-10-16(11-13-17)23-27-18(15-33-23)14-32-25(31)22-20-8-4-5-9-21(20)24(30)29(28-22)19-6-2-1-3-7-19/h1-13,15H,14H2. The van der Waals surface area contributed by atoms with Gasteiger partial charge in [-0.25, -0.2) is 14.2 Å². The van der Waals surface area contributed by atoms with E-state index in [0.717, 1.165) is 5.56 Å². The Labute approximate surface area is 191 Å². The first-order valence-corrected chi connectivity index (χ1v) is 10.9. The quantitative estimate of drug-likeness (QED) is 0.347. The van der Waals surface area contributed by atoms with Crippen LogP contribution >= 0.6 is 11.3 Å². The highest BCUT2D eigenvalue weighted by atomic mass is 32.1. The normalized spacial score (nSPS) is 10.9. The molecule has 0 aliphatic carbocycles. The lowest BCUT2D eigenvalue weighted by molar-refractivity contribution is 0.0462. The molecule has 0 unspecified atom stereocenters. The van der Waals surface area contributed by atoms with Gasteiger partial charge in [0.15, 0.2) is 5.69 Å². The second-order valence-electron chi connectivity index (χ2n) is 7.17. The summed E-state index contributed by atoms with van der Waals surface area (Å²) in [6.45, 7) is -0.0585. The van der Waals surface area contributed by atoms with Crippen molar-refractivity contribution >= 4 is 28.1 Å². The molecule has 0 aliphatic heterocycles. The largest absolute Gasteiger partial charge is 0.454 e. The van der Waals surface area contributed by atoms with Gasteiger partial charge < -0.3 is 4.74 Å². The number of rotatable bonds is 5. The van der Waals surface area contributed by atoms with Crippen LogP contribution in [-0.2, 0) is 11.3 Å². The summed E-state index contributed by atoms with van der Waals surface area (Å²) in [5, 5.41) is 7.59. The van der Waals surface area contributed by atoms with Gasteiger partial charge >= 0.3 is 5.97 Å². The zero-order chi connectivity index (χ0) is 22.8. The number of thiazole rings is 1. The molecule has 2 heterocycles. The predicted molar refractivity (Wildman–Crippen MR) is 124 cm³/mol. The second-order valence-corrected chi connectivity index (χ2v) is 8.03. The summed E-state index contributed by atoms with van der Waals surface area (Å²) in [6.07, 6.45) is 0. The van der Waals surface area contributed by atoms with Crippen LogP contribution in [0.2, 0.25) is 0 Å². The topological polar surface area (TPSA) is 74.1 Å². The highest BCUT2D eigenvalue weighted by Gasteiger charge is 2.19. The van der Waals surface area contributed by atoms with Crippen LogP contribution in [0.15, 0.2) is 89.0 Å². The van der Waals surface area contributed by atoms with Gasteiger partial charge in [-0.2, -0.15) is 9.78 Å². The van der Waals surface area contributed by atoms with Crippen molar-refractivity contribution in [1.29, 1.82) is 0 Å². The first-order chi connectivity index (χ1) is 16.1. The van der Waals surface area contributed by atoms with Gasteiger partial charge in [0.05, 0.1) is 16.8 Å². The molecule has 6 nitrogen and oxygen atoms in total. The number of halogens is 1. The Morgan fingerprint density at radius 3 is 2.39 bits per heavy atom. The Morgan fingerprint density at radius 2 is 1.64 bits per heavy atom. The molecule has 0 N–H and O–H groups in total. The Balaban J connectivity index is 1.44. The summed E-state index contributed by atoms with van der Waals surface area (Å²) in [4.78, 5) is 30.4. The summed E-state index contributed by atoms with van der Waals surface area (Å²) in [6, 6.07) is 21.7. The lowest BCUT2D eigenvalue weighted by Gasteiger charge is -2.10. The predicted octanol–water partition coefficient (Wildman–Crippen LogP) is 5.01. The van der Waals surface area contributed by atoms with Gasteiger partial charge in [-0.05, 0) is 42.5 Å². The summed E-state index contributed by atoms with van der Waals surface area (Å²) in [5.41, 5.74) is 1.61. The van der Waals surface area contributed by atoms with E-state index in [2.05, 4.69) is 10.1 Å². The van der Waals surface area contributed by atoms with E-state index in [1.54, 1.807) is 66.0 Å². The highest BCUT2D eigenvalue weighted by Crippen LogP contribution is 2.24. The van der Waals surface area contributed by atoms with Crippen LogP contribution in [0, 0.1) is 5.82 Å². The number of carbonyl (C=O) groups is 1. The zero-order valence-electron chi connectivity index (χ0n) is 17.1. The first kappa shape index (κ1) is 20.7. The van der Waals surface area contributed by atoms with Gasteiger partial charge in [0.1, 0.15) is 17.4 Å². The molecule has 162 valence electrons. The van der Waals surface area contributed by atoms with Crippen molar-refractivity contribution in [3.8, 4) is 16.3 Å². The molecule has 0 saturated carbocycles. The Morgan fingerprint density at radius 1 is 0.939 bits per heavy atom. The van der Waals surface area contributed by atoms with Gasteiger partial charge in [-0.15, -0.1) is 11.3 Å². The third-order valence-electron chi connectivity index (χ3n) is 4.99. The van der Waals surface area contributed by atoms with E-state index in [4.69, 9.17) is 4.74 Å². The molecule has 0 fully saturated rings. The van der Waals surface area contributed by atoms with Crippen LogP contribution in [0.3, 0.4) is 0 Å². The fourth-order valence-corrected chi connectivity index (χ4v) is 4.20. The molecule has 3 aromatic carbocycles. The van der Waals surface area contributed by atoms with Gasteiger partial charge in [0, 0.05) is 16.3 Å². The van der Waals surface area contributed by atoms with E-state index in [1.807, 2.05) is 6.07 Å². The third kappa shape index (κ3) is 4.16. The SMILES string of the molecule is O=C(OCc1csc(-c2ccc(F)cc2)n1)c1nn(-c2ccccc2)c(=O)c2ccccc12. The van der Waals surface area contributed by atoms with Gasteiger partial charge in [0.25, 0.3) is 5.56 Å². The molecular formula is C25H16FN3O3S. The van der Waals surface area contributed by atoms with E-state index in [1.165, 1.54) is 28.2 Å². The molecule has 5 rings (SSSR count). The van der Waals surface area contributed by atoms with Crippen molar-refractivity contribution in [3.63, 3.8) is 0 Å². The lowest BCUT2D eigenvalue weighted by atomic mass is 10.1. The molecule has 0 saturated heterocycles. The fraction of sp³-hybridized carbons (Fsp3) is 0.0400. The van der Waals surface area contributed by atoms with Gasteiger partial charge in [-0.1, -0.05) is 36.4 Å². The van der Waals surface area contributed by atoms with Crippen molar-refractivity contribution in [1.82, 2.24) is 14.8 Å². The highest BCUT2D eigenvalue weighted by molar-refractivity contribution is 7.13. The molecule has 0 spiro atoms. The minimum Gasteiger partial charge on any atom is -0.454 e. The molecule has 0 radical (unpaired) electrons. The monoisotopic (exact) mass is 457 g/mol. The number of carbonyl (C=O) groups excluding carboxylic acids is 1. The van der Waals surface area contributed by atoms with Crippen LogP contribution in [0.5, 0.6) is 0 Å². The summed E-state index contributed by atoms with van der Waals surface area (Å²) < 4.78 is 19.8. The van der Waals surface area contributed by atoms with E-state index in [0.29, 0.717) is 27.2 Å². The number of hydrogen-bond donors (Lipinski definition) is 0. The van der Waals surface area contributed by atoms with Crippen molar-refractivity contribution in [2.24, 2.45) is 0 Å². The van der Waals surface area contributed by atoms with Crippen LogP contribution in [-0.4, -0.2) is 20.7 Å². The van der Waals surface area contributed by atoms with Gasteiger partial charge in [-0.3, -0.25) is 4.79 Å². The third-order valence-corrected chi connectivity index (χ3v) is 5.93. The lowest BCUT2D eigenvalue weighted by Crippen LogP contribution is -2.25. The van der Waals surface area contributed by atoms with E-state index < -0.39 is 5.97 Å².